The summed E-state index contributed by atoms with van der Waals surface area (Å²) in [6.07, 6.45) is 7.02. The molecule has 5 nitrogen and oxygen atoms in total. The van der Waals surface area contributed by atoms with Crippen molar-refractivity contribution in [2.24, 2.45) is 0 Å². The topological polar surface area (TPSA) is 74.4 Å². The highest BCUT2D eigenvalue weighted by Crippen LogP contribution is 2.46. The summed E-state index contributed by atoms with van der Waals surface area (Å²) in [5.74, 6) is -0.793. The molecule has 0 aliphatic heterocycles. The van der Waals surface area contributed by atoms with Crippen molar-refractivity contribution in [3.05, 3.63) is 108 Å². The van der Waals surface area contributed by atoms with Crippen LogP contribution in [-0.2, 0) is 4.79 Å². The number of aromatic nitrogens is 4. The number of H-pyrrole nitrogens is 2. The van der Waals surface area contributed by atoms with Gasteiger partial charge in [0.05, 0.1) is 33.9 Å². The third kappa shape index (κ3) is 4.32. The van der Waals surface area contributed by atoms with Crippen LogP contribution in [0.15, 0.2) is 85.5 Å². The maximum absolute atomic E-state index is 14.1. The first kappa shape index (κ1) is 20.8. The predicted octanol–water partition coefficient (Wildman–Crippen LogP) is 5.84. The van der Waals surface area contributed by atoms with Gasteiger partial charge in [-0.15, -0.1) is 0 Å². The summed E-state index contributed by atoms with van der Waals surface area (Å²) >= 11 is 7.62. The Kier molecular flexibility index (Phi) is 6.59. The minimum absolute atomic E-state index is 0.0780. The van der Waals surface area contributed by atoms with Gasteiger partial charge < -0.3 is 0 Å². The van der Waals surface area contributed by atoms with E-state index in [-0.39, 0.29) is 15.4 Å². The molecule has 2 aromatic heterocycles. The summed E-state index contributed by atoms with van der Waals surface area (Å²) in [7, 11) is 0. The Morgan fingerprint density at radius 3 is 1.40 bits per heavy atom. The van der Waals surface area contributed by atoms with Gasteiger partial charge in [-0.2, -0.15) is 10.2 Å². The van der Waals surface area contributed by atoms with Gasteiger partial charge in [-0.25, -0.2) is 0 Å². The van der Waals surface area contributed by atoms with Crippen LogP contribution in [0.5, 0.6) is 0 Å². The SMILES string of the molecule is O=C(C(c1cn[nH]c1)C(Br)c1ccccc1)C(c1cn[nH]c1)C(Br)c1ccccc1. The van der Waals surface area contributed by atoms with E-state index in [4.69, 9.17) is 0 Å². The van der Waals surface area contributed by atoms with E-state index in [1.807, 2.05) is 60.7 Å². The molecule has 30 heavy (non-hydrogen) atoms. The van der Waals surface area contributed by atoms with Gasteiger partial charge >= 0.3 is 0 Å². The highest BCUT2D eigenvalue weighted by Gasteiger charge is 2.39. The third-order valence-electron chi connectivity index (χ3n) is 5.19. The smallest absolute Gasteiger partial charge is 0.150 e. The van der Waals surface area contributed by atoms with Gasteiger partial charge in [-0.1, -0.05) is 92.5 Å². The number of nitrogens with zero attached hydrogens (tertiary/aromatic N) is 2. The van der Waals surface area contributed by atoms with E-state index in [1.54, 1.807) is 24.8 Å². The molecule has 0 radical (unpaired) electrons. The predicted molar refractivity (Wildman–Crippen MR) is 124 cm³/mol. The number of carbonyl (C=O) groups excluding carboxylic acids is 1. The molecule has 0 saturated carbocycles. The summed E-state index contributed by atoms with van der Waals surface area (Å²) in [4.78, 5) is 13.7. The molecule has 2 heterocycles. The summed E-state index contributed by atoms with van der Waals surface area (Å²) in [6, 6.07) is 19.9. The van der Waals surface area contributed by atoms with Crippen molar-refractivity contribution >= 4 is 37.6 Å². The van der Waals surface area contributed by atoms with Gasteiger partial charge in [0.2, 0.25) is 0 Å². The van der Waals surface area contributed by atoms with Crippen molar-refractivity contribution < 1.29 is 4.79 Å². The molecule has 4 atom stereocenters. The van der Waals surface area contributed by atoms with Crippen LogP contribution < -0.4 is 0 Å². The molecule has 0 saturated heterocycles. The average Bonchev–Trinajstić information content (AvgIpc) is 3.50. The molecule has 0 bridgehead atoms. The number of aromatic amines is 2. The molecule has 7 heteroatoms. The fourth-order valence-corrected chi connectivity index (χ4v) is 5.41. The third-order valence-corrected chi connectivity index (χ3v) is 7.31. The van der Waals surface area contributed by atoms with Gasteiger partial charge in [0.1, 0.15) is 0 Å². The number of halogens is 2. The van der Waals surface area contributed by atoms with Crippen LogP contribution in [0.1, 0.15) is 43.7 Å². The maximum atomic E-state index is 14.1. The zero-order valence-corrected chi connectivity index (χ0v) is 19.1. The lowest BCUT2D eigenvalue weighted by Gasteiger charge is -2.28. The molecular formula is C23H20Br2N4O. The highest BCUT2D eigenvalue weighted by atomic mass is 79.9. The Bertz CT molecular complexity index is 968. The lowest BCUT2D eigenvalue weighted by Crippen LogP contribution is -2.26. The first-order valence-corrected chi connectivity index (χ1v) is 11.4. The Balaban J connectivity index is 1.77. The number of hydrogen-bond donors (Lipinski definition) is 2. The fraction of sp³-hybridized carbons (Fsp3) is 0.174. The standard InChI is InChI=1S/C23H20Br2N4O/c24-21(15-7-3-1-4-8-15)19(17-11-26-27-12-17)23(30)20(18-13-28-29-14-18)22(25)16-9-5-2-6-10-16/h1-14,19-22H,(H,26,27)(H,28,29). The van der Waals surface area contributed by atoms with E-state index in [2.05, 4.69) is 52.3 Å². The van der Waals surface area contributed by atoms with Crippen LogP contribution in [0, 0.1) is 0 Å². The number of Topliss-reactive ketones (excluding diaryl/α,β-unsaturated/α-hetero) is 1. The average molecular weight is 528 g/mol. The lowest BCUT2D eigenvalue weighted by atomic mass is 9.79. The second-order valence-electron chi connectivity index (χ2n) is 7.05. The van der Waals surface area contributed by atoms with Crippen LogP contribution in [-0.4, -0.2) is 26.2 Å². The van der Waals surface area contributed by atoms with Gasteiger partial charge in [-0.05, 0) is 11.1 Å². The second-order valence-corrected chi connectivity index (χ2v) is 9.02. The summed E-state index contributed by atoms with van der Waals surface area (Å²) in [5.41, 5.74) is 3.75. The van der Waals surface area contributed by atoms with E-state index in [0.29, 0.717) is 0 Å². The van der Waals surface area contributed by atoms with Crippen LogP contribution in [0.2, 0.25) is 0 Å². The number of benzene rings is 2. The first-order valence-electron chi connectivity index (χ1n) is 9.56. The second kappa shape index (κ2) is 9.53. The number of nitrogens with one attached hydrogen (secondary N) is 2. The summed E-state index contributed by atoms with van der Waals surface area (Å²) in [6.45, 7) is 0. The molecule has 4 unspecified atom stereocenters. The first-order chi connectivity index (χ1) is 14.7. The van der Waals surface area contributed by atoms with E-state index >= 15 is 0 Å². The number of carbonyl (C=O) groups is 1. The van der Waals surface area contributed by atoms with Crippen molar-refractivity contribution in [2.75, 3.05) is 0 Å². The molecule has 152 valence electrons. The molecule has 0 fully saturated rings. The van der Waals surface area contributed by atoms with Gasteiger partial charge in [0, 0.05) is 23.5 Å². The van der Waals surface area contributed by atoms with Crippen molar-refractivity contribution in [2.45, 2.75) is 21.5 Å². The van der Waals surface area contributed by atoms with Crippen LogP contribution >= 0.6 is 31.9 Å². The summed E-state index contributed by atoms with van der Waals surface area (Å²) in [5, 5.41) is 13.9. The Labute approximate surface area is 191 Å². The lowest BCUT2D eigenvalue weighted by molar-refractivity contribution is -0.122. The zero-order valence-electron chi connectivity index (χ0n) is 16.0. The van der Waals surface area contributed by atoms with Crippen molar-refractivity contribution in [3.8, 4) is 0 Å². The van der Waals surface area contributed by atoms with Crippen molar-refractivity contribution in [3.63, 3.8) is 0 Å². The van der Waals surface area contributed by atoms with E-state index in [1.165, 1.54) is 0 Å². The number of rotatable bonds is 8. The minimum atomic E-state index is -0.435. The number of hydrogen-bond acceptors (Lipinski definition) is 3. The molecule has 0 amide bonds. The van der Waals surface area contributed by atoms with E-state index in [0.717, 1.165) is 22.3 Å². The van der Waals surface area contributed by atoms with Crippen molar-refractivity contribution in [1.82, 2.24) is 20.4 Å². The van der Waals surface area contributed by atoms with Gasteiger partial charge in [0.15, 0.2) is 5.78 Å². The molecule has 4 aromatic rings. The molecule has 4 rings (SSSR count). The minimum Gasteiger partial charge on any atom is -0.298 e. The van der Waals surface area contributed by atoms with Crippen molar-refractivity contribution in [1.29, 1.82) is 0 Å². The van der Waals surface area contributed by atoms with E-state index in [9.17, 15) is 4.79 Å². The maximum Gasteiger partial charge on any atom is 0.150 e. The molecule has 0 aliphatic rings. The van der Waals surface area contributed by atoms with Crippen LogP contribution in [0.3, 0.4) is 0 Å². The Morgan fingerprint density at radius 2 is 1.07 bits per heavy atom. The van der Waals surface area contributed by atoms with Crippen LogP contribution in [0.4, 0.5) is 0 Å². The summed E-state index contributed by atoms with van der Waals surface area (Å²) < 4.78 is 0. The normalized spacial score (nSPS) is 15.3. The van der Waals surface area contributed by atoms with Crippen LogP contribution in [0.25, 0.3) is 0 Å². The van der Waals surface area contributed by atoms with Gasteiger partial charge in [0.25, 0.3) is 0 Å². The molecule has 2 N–H and O–H groups in total. The molecule has 2 aromatic carbocycles. The monoisotopic (exact) mass is 526 g/mol. The Morgan fingerprint density at radius 1 is 0.667 bits per heavy atom. The zero-order chi connectivity index (χ0) is 20.9. The Hall–Kier alpha value is -2.51. The molecule has 0 aliphatic carbocycles. The quantitative estimate of drug-likeness (QED) is 0.282. The largest absolute Gasteiger partial charge is 0.298 e. The fourth-order valence-electron chi connectivity index (χ4n) is 3.67. The molecule has 0 spiro atoms. The van der Waals surface area contributed by atoms with E-state index < -0.39 is 11.8 Å². The number of alkyl halides is 2. The number of ketones is 1. The highest BCUT2D eigenvalue weighted by molar-refractivity contribution is 9.09. The van der Waals surface area contributed by atoms with Gasteiger partial charge in [-0.3, -0.25) is 15.0 Å². The molecular weight excluding hydrogens is 508 g/mol.